The van der Waals surface area contributed by atoms with Crippen molar-refractivity contribution in [2.75, 3.05) is 6.61 Å². The Morgan fingerprint density at radius 3 is 2.77 bits per heavy atom. The van der Waals surface area contributed by atoms with Crippen molar-refractivity contribution in [1.29, 1.82) is 0 Å². The fraction of sp³-hybridized carbons (Fsp3) is 0.556. The monoisotopic (exact) mass is 477 g/mol. The molecule has 3 unspecified atom stereocenters. The molecule has 3 aromatic rings. The van der Waals surface area contributed by atoms with E-state index in [1.165, 1.54) is 6.42 Å². The third kappa shape index (κ3) is 4.58. The second-order valence-corrected chi connectivity index (χ2v) is 10.6. The molecule has 0 spiro atoms. The Morgan fingerprint density at radius 2 is 2.00 bits per heavy atom. The van der Waals surface area contributed by atoms with Crippen LogP contribution in [0.25, 0.3) is 22.9 Å². The zero-order chi connectivity index (χ0) is 24.7. The van der Waals surface area contributed by atoms with E-state index in [-0.39, 0.29) is 18.1 Å². The molecule has 2 aromatic heterocycles. The van der Waals surface area contributed by atoms with Crippen LogP contribution in [-0.4, -0.2) is 43.0 Å². The van der Waals surface area contributed by atoms with Gasteiger partial charge in [0.05, 0.1) is 17.7 Å². The highest BCUT2D eigenvalue weighted by Crippen LogP contribution is 2.37. The molecule has 3 heterocycles. The van der Waals surface area contributed by atoms with Crippen molar-refractivity contribution in [3.05, 3.63) is 36.3 Å². The Hall–Kier alpha value is -3.16. The Labute approximate surface area is 206 Å². The van der Waals surface area contributed by atoms with Gasteiger partial charge in [-0.25, -0.2) is 19.4 Å². The molecule has 0 amide bonds. The molecule has 3 atom stereocenters. The van der Waals surface area contributed by atoms with E-state index >= 15 is 0 Å². The summed E-state index contributed by atoms with van der Waals surface area (Å²) >= 11 is 0. The second kappa shape index (κ2) is 9.47. The first kappa shape index (κ1) is 23.6. The minimum absolute atomic E-state index is 0.0363. The van der Waals surface area contributed by atoms with Gasteiger partial charge in [-0.05, 0) is 62.6 Å². The van der Waals surface area contributed by atoms with Gasteiger partial charge in [0.1, 0.15) is 36.3 Å². The van der Waals surface area contributed by atoms with E-state index in [4.69, 9.17) is 14.5 Å². The Balaban J connectivity index is 1.41. The third-order valence-electron chi connectivity index (χ3n) is 7.34. The van der Waals surface area contributed by atoms with Crippen molar-refractivity contribution in [3.63, 3.8) is 0 Å². The van der Waals surface area contributed by atoms with Crippen molar-refractivity contribution >= 4 is 5.97 Å². The molecule has 0 N–H and O–H groups in total. The average Bonchev–Trinajstić information content (AvgIpc) is 3.43. The summed E-state index contributed by atoms with van der Waals surface area (Å²) in [5.41, 5.74) is 2.14. The van der Waals surface area contributed by atoms with Crippen LogP contribution in [0.2, 0.25) is 0 Å². The van der Waals surface area contributed by atoms with Gasteiger partial charge in [0.15, 0.2) is 5.82 Å². The van der Waals surface area contributed by atoms with Crippen molar-refractivity contribution < 1.29 is 14.3 Å². The molecule has 1 fully saturated rings. The van der Waals surface area contributed by atoms with Gasteiger partial charge in [0.2, 0.25) is 0 Å². The summed E-state index contributed by atoms with van der Waals surface area (Å²) < 4.78 is 16.1. The highest BCUT2D eigenvalue weighted by Gasteiger charge is 2.34. The first-order valence-corrected chi connectivity index (χ1v) is 12.8. The lowest BCUT2D eigenvalue weighted by molar-refractivity contribution is -0.0174. The molecule has 8 nitrogen and oxygen atoms in total. The number of carbonyl (C=O) groups excluding carboxylic acids is 1. The zero-order valence-electron chi connectivity index (χ0n) is 21.3. The molecule has 0 radical (unpaired) electrons. The van der Waals surface area contributed by atoms with Gasteiger partial charge in [0.25, 0.3) is 0 Å². The van der Waals surface area contributed by atoms with Crippen LogP contribution >= 0.6 is 0 Å². The van der Waals surface area contributed by atoms with Gasteiger partial charge in [0, 0.05) is 12.2 Å². The molecule has 5 rings (SSSR count). The first-order valence-electron chi connectivity index (χ1n) is 12.8. The summed E-state index contributed by atoms with van der Waals surface area (Å²) in [7, 11) is 0. The Kier molecular flexibility index (Phi) is 6.38. The van der Waals surface area contributed by atoms with Crippen LogP contribution in [0.5, 0.6) is 5.75 Å². The van der Waals surface area contributed by atoms with E-state index in [2.05, 4.69) is 49.3 Å². The first-order chi connectivity index (χ1) is 16.8. The van der Waals surface area contributed by atoms with Crippen molar-refractivity contribution in [2.45, 2.75) is 72.6 Å². The SMILES string of the molecule is CC1CCC(C(C)C)C(OC(=O)c2ccc3c(c2)OCCn2cc(-c4ncnn4C(C)C)nc2-3)C1. The number of carbonyl (C=O) groups is 1. The van der Waals surface area contributed by atoms with Crippen LogP contribution in [0.15, 0.2) is 30.7 Å². The number of benzene rings is 1. The van der Waals surface area contributed by atoms with Crippen LogP contribution in [0, 0.1) is 17.8 Å². The number of esters is 1. The maximum atomic E-state index is 13.1. The van der Waals surface area contributed by atoms with Gasteiger partial charge >= 0.3 is 5.97 Å². The quantitative estimate of drug-likeness (QED) is 0.458. The maximum absolute atomic E-state index is 13.1. The van der Waals surface area contributed by atoms with Crippen LogP contribution in [0.1, 0.15) is 70.3 Å². The Morgan fingerprint density at radius 1 is 1.17 bits per heavy atom. The lowest BCUT2D eigenvalue weighted by Gasteiger charge is -2.36. The normalized spacial score (nSPS) is 21.9. The minimum Gasteiger partial charge on any atom is -0.491 e. The molecule has 1 aromatic carbocycles. The highest BCUT2D eigenvalue weighted by atomic mass is 16.5. The van der Waals surface area contributed by atoms with Crippen LogP contribution in [-0.2, 0) is 11.3 Å². The molecular weight excluding hydrogens is 442 g/mol. The molecular formula is C27H35N5O3. The van der Waals surface area contributed by atoms with Crippen LogP contribution in [0.3, 0.4) is 0 Å². The van der Waals surface area contributed by atoms with Gasteiger partial charge < -0.3 is 14.0 Å². The summed E-state index contributed by atoms with van der Waals surface area (Å²) in [6, 6.07) is 5.72. The summed E-state index contributed by atoms with van der Waals surface area (Å²) in [6.07, 6.45) is 6.76. The molecule has 1 aliphatic heterocycles. The fourth-order valence-electron chi connectivity index (χ4n) is 5.38. The van der Waals surface area contributed by atoms with E-state index in [1.807, 2.05) is 23.0 Å². The van der Waals surface area contributed by atoms with E-state index in [0.717, 1.165) is 35.7 Å². The van der Waals surface area contributed by atoms with Crippen LogP contribution < -0.4 is 4.74 Å². The van der Waals surface area contributed by atoms with Gasteiger partial charge in [-0.1, -0.05) is 27.2 Å². The minimum atomic E-state index is -0.278. The van der Waals surface area contributed by atoms with Gasteiger partial charge in [-0.2, -0.15) is 5.10 Å². The number of nitrogens with zero attached hydrogens (tertiary/aromatic N) is 5. The molecule has 0 bridgehead atoms. The summed E-state index contributed by atoms with van der Waals surface area (Å²) in [5, 5.41) is 4.34. The number of hydrogen-bond donors (Lipinski definition) is 0. The predicted octanol–water partition coefficient (Wildman–Crippen LogP) is 5.40. The largest absolute Gasteiger partial charge is 0.491 e. The molecule has 1 saturated carbocycles. The number of aromatic nitrogens is 5. The smallest absolute Gasteiger partial charge is 0.338 e. The third-order valence-corrected chi connectivity index (χ3v) is 7.34. The highest BCUT2D eigenvalue weighted by molar-refractivity contribution is 5.91. The Bertz CT molecular complexity index is 1210. The van der Waals surface area contributed by atoms with Crippen LogP contribution in [0.4, 0.5) is 0 Å². The number of rotatable bonds is 5. The topological polar surface area (TPSA) is 84.1 Å². The molecule has 1 aliphatic carbocycles. The van der Waals surface area contributed by atoms with E-state index in [0.29, 0.717) is 42.2 Å². The summed E-state index contributed by atoms with van der Waals surface area (Å²) in [6.45, 7) is 12.0. The molecule has 8 heteroatoms. The number of fused-ring (bicyclic) bond motifs is 3. The molecule has 35 heavy (non-hydrogen) atoms. The molecule has 0 saturated heterocycles. The van der Waals surface area contributed by atoms with Crippen molar-refractivity contribution in [2.24, 2.45) is 17.8 Å². The fourth-order valence-corrected chi connectivity index (χ4v) is 5.38. The number of hydrogen-bond acceptors (Lipinski definition) is 6. The summed E-state index contributed by atoms with van der Waals surface area (Å²) in [4.78, 5) is 22.5. The molecule has 186 valence electrons. The lowest BCUT2D eigenvalue weighted by atomic mass is 9.75. The van der Waals surface area contributed by atoms with Gasteiger partial charge in [-0.15, -0.1) is 0 Å². The maximum Gasteiger partial charge on any atom is 0.338 e. The number of ether oxygens (including phenoxy) is 2. The van der Waals surface area contributed by atoms with E-state index in [9.17, 15) is 4.79 Å². The zero-order valence-corrected chi connectivity index (χ0v) is 21.3. The van der Waals surface area contributed by atoms with E-state index < -0.39 is 0 Å². The predicted molar refractivity (Wildman–Crippen MR) is 133 cm³/mol. The standard InChI is InChI=1S/C27H35N5O3/c1-16(2)20-8-6-18(5)12-24(20)35-27(33)19-7-9-21-23(13-19)34-11-10-31-14-22(30-25(21)31)26-28-15-29-32(26)17(3)4/h7,9,13-18,20,24H,6,8,10-12H2,1-5H3. The van der Waals surface area contributed by atoms with Gasteiger partial charge in [-0.3, -0.25) is 0 Å². The van der Waals surface area contributed by atoms with E-state index in [1.54, 1.807) is 12.4 Å². The lowest BCUT2D eigenvalue weighted by Crippen LogP contribution is -2.35. The van der Waals surface area contributed by atoms with Crippen molar-refractivity contribution in [3.8, 4) is 28.7 Å². The molecule has 2 aliphatic rings. The summed E-state index contributed by atoms with van der Waals surface area (Å²) in [5.74, 6) is 3.39. The number of imidazole rings is 1. The van der Waals surface area contributed by atoms with Crippen molar-refractivity contribution in [1.82, 2.24) is 24.3 Å². The second-order valence-electron chi connectivity index (χ2n) is 10.6. The average molecular weight is 478 g/mol.